The first-order valence-corrected chi connectivity index (χ1v) is 7.79. The fourth-order valence-electron chi connectivity index (χ4n) is 2.56. The van der Waals surface area contributed by atoms with Gasteiger partial charge in [0.2, 0.25) is 0 Å². The Morgan fingerprint density at radius 1 is 1.24 bits per heavy atom. The molecule has 0 saturated heterocycles. The molecule has 0 spiro atoms. The Bertz CT molecular complexity index is 570. The molecule has 5 heteroatoms. The van der Waals surface area contributed by atoms with Gasteiger partial charge >= 0.3 is 0 Å². The first kappa shape index (κ1) is 15.8. The Morgan fingerprint density at radius 2 is 1.95 bits per heavy atom. The van der Waals surface area contributed by atoms with E-state index in [9.17, 15) is 9.59 Å². The van der Waals surface area contributed by atoms with Crippen molar-refractivity contribution in [3.05, 3.63) is 22.7 Å². The van der Waals surface area contributed by atoms with Gasteiger partial charge in [0.1, 0.15) is 0 Å². The first-order chi connectivity index (χ1) is 9.95. The minimum Gasteiger partial charge on any atom is -0.368 e. The molecule has 0 aromatic heterocycles. The zero-order chi connectivity index (χ0) is 15.6. The Kier molecular flexibility index (Phi) is 4.88. The predicted molar refractivity (Wildman–Crippen MR) is 86.4 cm³/mol. The number of ketones is 1. The summed E-state index contributed by atoms with van der Waals surface area (Å²) in [6, 6.07) is 3.71. The molecule has 4 nitrogen and oxygen atoms in total. The normalized spacial score (nSPS) is 13.6. The van der Waals surface area contributed by atoms with Gasteiger partial charge in [-0.2, -0.15) is 0 Å². The summed E-state index contributed by atoms with van der Waals surface area (Å²) in [6.45, 7) is 7.30. The van der Waals surface area contributed by atoms with Gasteiger partial charge in [-0.25, -0.2) is 0 Å². The van der Waals surface area contributed by atoms with Crippen LogP contribution in [0.1, 0.15) is 50.4 Å². The van der Waals surface area contributed by atoms with Crippen LogP contribution < -0.4 is 10.2 Å². The maximum absolute atomic E-state index is 11.7. The Morgan fingerprint density at radius 3 is 2.57 bits per heavy atom. The number of nitrogens with one attached hydrogen (secondary N) is 1. The van der Waals surface area contributed by atoms with Gasteiger partial charge in [-0.3, -0.25) is 9.59 Å². The lowest BCUT2D eigenvalue weighted by Gasteiger charge is -2.30. The van der Waals surface area contributed by atoms with Crippen molar-refractivity contribution in [3.8, 4) is 0 Å². The van der Waals surface area contributed by atoms with Crippen molar-refractivity contribution < 1.29 is 9.59 Å². The van der Waals surface area contributed by atoms with Gasteiger partial charge in [0.15, 0.2) is 0 Å². The molecule has 0 fully saturated rings. The van der Waals surface area contributed by atoms with Crippen molar-refractivity contribution >= 4 is 34.7 Å². The number of hydrogen-bond acceptors (Lipinski definition) is 3. The van der Waals surface area contributed by atoms with Crippen molar-refractivity contribution in [1.29, 1.82) is 0 Å². The molecule has 0 bridgehead atoms. The lowest BCUT2D eigenvalue weighted by atomic mass is 10.1. The summed E-state index contributed by atoms with van der Waals surface area (Å²) in [6.07, 6.45) is 3.42. The van der Waals surface area contributed by atoms with Crippen LogP contribution in [0.2, 0.25) is 5.02 Å². The van der Waals surface area contributed by atoms with E-state index in [1.54, 1.807) is 6.07 Å². The number of anilines is 2. The second-order valence-corrected chi connectivity index (χ2v) is 6.03. The van der Waals surface area contributed by atoms with E-state index in [4.69, 9.17) is 11.6 Å². The topological polar surface area (TPSA) is 49.4 Å². The molecule has 1 aliphatic rings. The molecule has 2 rings (SSSR count). The van der Waals surface area contributed by atoms with E-state index < -0.39 is 11.7 Å². The third kappa shape index (κ3) is 3.21. The molecule has 1 N–H and O–H groups in total. The Balaban J connectivity index is 2.32. The Hall–Kier alpha value is -1.55. The second-order valence-electron chi connectivity index (χ2n) is 5.63. The van der Waals surface area contributed by atoms with Crippen molar-refractivity contribution in [1.82, 2.24) is 0 Å². The molecule has 0 atom stereocenters. The van der Waals surface area contributed by atoms with Gasteiger partial charge in [-0.05, 0) is 32.4 Å². The van der Waals surface area contributed by atoms with Crippen LogP contribution in [0.15, 0.2) is 12.1 Å². The maximum atomic E-state index is 11.7. The number of Topliss-reactive ketones (excluding diaryl/α,β-unsaturated/α-hetero) is 1. The SMILES string of the molecule is CCCCCN(c1cc2c(cc1Cl)C(=O)C(=O)N2)C(C)C. The van der Waals surface area contributed by atoms with Crippen LogP contribution in [0.4, 0.5) is 11.4 Å². The van der Waals surface area contributed by atoms with Gasteiger partial charge in [0, 0.05) is 12.6 Å². The highest BCUT2D eigenvalue weighted by atomic mass is 35.5. The summed E-state index contributed by atoms with van der Waals surface area (Å²) in [4.78, 5) is 25.4. The van der Waals surface area contributed by atoms with Crippen LogP contribution in [0.3, 0.4) is 0 Å². The van der Waals surface area contributed by atoms with E-state index in [0.29, 0.717) is 22.3 Å². The molecule has 1 aromatic rings. The van der Waals surface area contributed by atoms with Crippen LogP contribution in [0.25, 0.3) is 0 Å². The number of benzene rings is 1. The number of carbonyl (C=O) groups is 2. The number of nitrogens with zero attached hydrogens (tertiary/aromatic N) is 1. The smallest absolute Gasteiger partial charge is 0.296 e. The van der Waals surface area contributed by atoms with Crippen LogP contribution in [0.5, 0.6) is 0 Å². The maximum Gasteiger partial charge on any atom is 0.296 e. The van der Waals surface area contributed by atoms with E-state index in [0.717, 1.165) is 25.1 Å². The average molecular weight is 309 g/mol. The number of halogens is 1. The molecule has 1 heterocycles. The van der Waals surface area contributed by atoms with Crippen LogP contribution in [-0.4, -0.2) is 24.3 Å². The van der Waals surface area contributed by atoms with Crippen LogP contribution >= 0.6 is 11.6 Å². The third-order valence-electron chi connectivity index (χ3n) is 3.72. The monoisotopic (exact) mass is 308 g/mol. The number of unbranched alkanes of at least 4 members (excludes halogenated alkanes) is 2. The van der Waals surface area contributed by atoms with Crippen LogP contribution in [0, 0.1) is 0 Å². The summed E-state index contributed by atoms with van der Waals surface area (Å²) in [5, 5.41) is 3.12. The summed E-state index contributed by atoms with van der Waals surface area (Å²) in [7, 11) is 0. The zero-order valence-corrected chi connectivity index (χ0v) is 13.5. The molecule has 0 unspecified atom stereocenters. The third-order valence-corrected chi connectivity index (χ3v) is 4.02. The number of hydrogen-bond donors (Lipinski definition) is 1. The van der Waals surface area contributed by atoms with Gasteiger partial charge in [-0.15, -0.1) is 0 Å². The van der Waals surface area contributed by atoms with Gasteiger partial charge in [0.05, 0.1) is 22.0 Å². The van der Waals surface area contributed by atoms with E-state index >= 15 is 0 Å². The molecule has 21 heavy (non-hydrogen) atoms. The van der Waals surface area contributed by atoms with Crippen molar-refractivity contribution in [2.75, 3.05) is 16.8 Å². The van der Waals surface area contributed by atoms with Gasteiger partial charge in [0.25, 0.3) is 11.7 Å². The fourth-order valence-corrected chi connectivity index (χ4v) is 2.84. The highest BCUT2D eigenvalue weighted by Crippen LogP contribution is 2.36. The lowest BCUT2D eigenvalue weighted by molar-refractivity contribution is -0.112. The number of carbonyl (C=O) groups excluding carboxylic acids is 2. The standard InChI is InChI=1S/C16H21ClN2O2/c1-4-5-6-7-19(10(2)3)14-9-13-11(8-12(14)17)15(20)16(21)18-13/h8-10H,4-7H2,1-3H3,(H,18,20,21). The van der Waals surface area contributed by atoms with Crippen molar-refractivity contribution in [2.45, 2.75) is 46.1 Å². The Labute approximate surface area is 130 Å². The van der Waals surface area contributed by atoms with E-state index in [1.807, 2.05) is 6.07 Å². The van der Waals surface area contributed by atoms with Gasteiger partial charge in [-0.1, -0.05) is 31.4 Å². The molecule has 1 aromatic carbocycles. The van der Waals surface area contributed by atoms with Crippen molar-refractivity contribution in [2.24, 2.45) is 0 Å². The molecule has 1 amide bonds. The molecule has 114 valence electrons. The van der Waals surface area contributed by atoms with Crippen molar-refractivity contribution in [3.63, 3.8) is 0 Å². The van der Waals surface area contributed by atoms with Gasteiger partial charge < -0.3 is 10.2 Å². The summed E-state index contributed by atoms with van der Waals surface area (Å²) >= 11 is 6.34. The number of amides is 1. The quantitative estimate of drug-likeness (QED) is 0.641. The number of rotatable bonds is 6. The zero-order valence-electron chi connectivity index (χ0n) is 12.7. The second kappa shape index (κ2) is 6.48. The largest absolute Gasteiger partial charge is 0.368 e. The highest BCUT2D eigenvalue weighted by molar-refractivity contribution is 6.52. The molecular weight excluding hydrogens is 288 g/mol. The molecule has 0 aliphatic carbocycles. The molecule has 0 saturated carbocycles. The van der Waals surface area contributed by atoms with E-state index in [1.165, 1.54) is 6.42 Å². The van der Waals surface area contributed by atoms with Crippen LogP contribution in [-0.2, 0) is 4.79 Å². The first-order valence-electron chi connectivity index (χ1n) is 7.41. The number of fused-ring (bicyclic) bond motifs is 1. The summed E-state index contributed by atoms with van der Waals surface area (Å²) < 4.78 is 0. The summed E-state index contributed by atoms with van der Waals surface area (Å²) in [5.41, 5.74) is 1.80. The lowest BCUT2D eigenvalue weighted by Crippen LogP contribution is -2.32. The molecule has 0 radical (unpaired) electrons. The fraction of sp³-hybridized carbons (Fsp3) is 0.500. The van der Waals surface area contributed by atoms with E-state index in [-0.39, 0.29) is 0 Å². The predicted octanol–water partition coefficient (Wildman–Crippen LogP) is 3.88. The molecule has 1 aliphatic heterocycles. The average Bonchev–Trinajstić information content (AvgIpc) is 2.70. The summed E-state index contributed by atoms with van der Waals surface area (Å²) in [5.74, 6) is -1.10. The minimum absolute atomic E-state index is 0.296. The molecular formula is C16H21ClN2O2. The van der Waals surface area contributed by atoms with E-state index in [2.05, 4.69) is 31.0 Å². The minimum atomic E-state index is -0.583. The highest BCUT2D eigenvalue weighted by Gasteiger charge is 2.30.